The lowest BCUT2D eigenvalue weighted by Gasteiger charge is -2.32. The van der Waals surface area contributed by atoms with Gasteiger partial charge in [0, 0.05) is 41.9 Å². The number of hydrogen-bond acceptors (Lipinski definition) is 5. The summed E-state index contributed by atoms with van der Waals surface area (Å²) in [4.78, 5) is 31.0. The van der Waals surface area contributed by atoms with Crippen LogP contribution in [0.25, 0.3) is 22.6 Å². The molecule has 7 heteroatoms. The molecule has 1 aliphatic carbocycles. The van der Waals surface area contributed by atoms with Crippen molar-refractivity contribution < 1.29 is 14.0 Å². The fourth-order valence-electron chi connectivity index (χ4n) is 5.99. The van der Waals surface area contributed by atoms with Crippen molar-refractivity contribution in [3.05, 3.63) is 82.9 Å². The van der Waals surface area contributed by atoms with Crippen LogP contribution < -0.4 is 10.2 Å². The molecule has 2 fully saturated rings. The molecule has 6 rings (SSSR count). The summed E-state index contributed by atoms with van der Waals surface area (Å²) < 4.78 is 6.11. The van der Waals surface area contributed by atoms with Crippen LogP contribution in [0.3, 0.4) is 0 Å². The Hall–Kier alpha value is -4.44. The Morgan fingerprint density at radius 3 is 2.41 bits per heavy atom. The zero-order chi connectivity index (χ0) is 28.5. The molecule has 0 bridgehead atoms. The fraction of sp³-hybridized carbons (Fsp3) is 0.353. The second-order valence-corrected chi connectivity index (χ2v) is 11.6. The molecule has 1 aromatic heterocycles. The molecule has 1 saturated carbocycles. The third-order valence-corrected chi connectivity index (χ3v) is 8.59. The lowest BCUT2D eigenvalue weighted by Crippen LogP contribution is -2.43. The van der Waals surface area contributed by atoms with Crippen molar-refractivity contribution >= 4 is 28.6 Å². The highest BCUT2D eigenvalue weighted by Gasteiger charge is 2.26. The molecule has 7 nitrogen and oxygen atoms in total. The number of fused-ring (bicyclic) bond motifs is 1. The van der Waals surface area contributed by atoms with E-state index in [0.29, 0.717) is 52.9 Å². The SMILES string of the molecule is CC(C)c1cc(C#N)cc2nc(-c3ccc(C(=O)NCC4CCC(c5ccc(N6CCC6=O)cc5)CC4)cc3)oc12. The quantitative estimate of drug-likeness (QED) is 0.253. The summed E-state index contributed by atoms with van der Waals surface area (Å²) in [6.45, 7) is 5.62. The summed E-state index contributed by atoms with van der Waals surface area (Å²) in [5.41, 5.74) is 6.62. The highest BCUT2D eigenvalue weighted by Crippen LogP contribution is 2.37. The van der Waals surface area contributed by atoms with Crippen LogP contribution in [-0.2, 0) is 4.79 Å². The number of aromatic nitrogens is 1. The number of oxazole rings is 1. The second-order valence-electron chi connectivity index (χ2n) is 11.6. The molecule has 4 aromatic rings. The van der Waals surface area contributed by atoms with Crippen LogP contribution in [0.5, 0.6) is 0 Å². The predicted octanol–water partition coefficient (Wildman–Crippen LogP) is 6.93. The Labute approximate surface area is 240 Å². The van der Waals surface area contributed by atoms with E-state index in [1.165, 1.54) is 5.56 Å². The number of carbonyl (C=O) groups excluding carboxylic acids is 2. The highest BCUT2D eigenvalue weighted by molar-refractivity contribution is 5.99. The number of carbonyl (C=O) groups is 2. The Kier molecular flexibility index (Phi) is 7.32. The van der Waals surface area contributed by atoms with Crippen LogP contribution in [0, 0.1) is 17.2 Å². The van der Waals surface area contributed by atoms with Gasteiger partial charge in [0.25, 0.3) is 5.91 Å². The van der Waals surface area contributed by atoms with E-state index in [2.05, 4.69) is 54.5 Å². The van der Waals surface area contributed by atoms with Gasteiger partial charge < -0.3 is 14.6 Å². The van der Waals surface area contributed by atoms with Crippen molar-refractivity contribution in [1.82, 2.24) is 10.3 Å². The Morgan fingerprint density at radius 1 is 1.07 bits per heavy atom. The number of benzene rings is 3. The zero-order valence-corrected chi connectivity index (χ0v) is 23.5. The third-order valence-electron chi connectivity index (χ3n) is 8.59. The largest absolute Gasteiger partial charge is 0.436 e. The number of hydrogen-bond donors (Lipinski definition) is 1. The van der Waals surface area contributed by atoms with Crippen molar-refractivity contribution in [3.8, 4) is 17.5 Å². The fourth-order valence-corrected chi connectivity index (χ4v) is 5.99. The van der Waals surface area contributed by atoms with Gasteiger partial charge in [-0.05, 0) is 97.5 Å². The average Bonchev–Trinajstić information content (AvgIpc) is 3.43. The van der Waals surface area contributed by atoms with Crippen molar-refractivity contribution in [2.75, 3.05) is 18.0 Å². The van der Waals surface area contributed by atoms with Gasteiger partial charge in [0.15, 0.2) is 5.58 Å². The molecule has 2 aliphatic rings. The van der Waals surface area contributed by atoms with Gasteiger partial charge in [0.1, 0.15) is 5.52 Å². The lowest BCUT2D eigenvalue weighted by molar-refractivity contribution is -0.122. The molecule has 41 heavy (non-hydrogen) atoms. The lowest BCUT2D eigenvalue weighted by atomic mass is 9.78. The number of nitrogens with one attached hydrogen (secondary N) is 1. The minimum absolute atomic E-state index is 0.0758. The number of anilines is 1. The van der Waals surface area contributed by atoms with Gasteiger partial charge in [-0.1, -0.05) is 26.0 Å². The molecule has 208 valence electrons. The summed E-state index contributed by atoms with van der Waals surface area (Å²) >= 11 is 0. The van der Waals surface area contributed by atoms with Crippen LogP contribution in [0.2, 0.25) is 0 Å². The molecule has 2 heterocycles. The Bertz CT molecular complexity index is 1620. The molecule has 1 N–H and O–H groups in total. The molecule has 0 radical (unpaired) electrons. The van der Waals surface area contributed by atoms with Gasteiger partial charge in [-0.2, -0.15) is 5.26 Å². The van der Waals surface area contributed by atoms with Crippen molar-refractivity contribution in [2.24, 2.45) is 5.92 Å². The number of amides is 2. The first-order valence-corrected chi connectivity index (χ1v) is 14.5. The van der Waals surface area contributed by atoms with Crippen LogP contribution in [0.15, 0.2) is 65.1 Å². The van der Waals surface area contributed by atoms with E-state index in [9.17, 15) is 14.9 Å². The number of nitrogens with zero attached hydrogens (tertiary/aromatic N) is 3. The molecular formula is C34H34N4O3. The maximum absolute atomic E-state index is 12.9. The second kappa shape index (κ2) is 11.2. The van der Waals surface area contributed by atoms with Crippen LogP contribution >= 0.6 is 0 Å². The normalized spacial score (nSPS) is 18.8. The van der Waals surface area contributed by atoms with E-state index >= 15 is 0 Å². The molecule has 0 spiro atoms. The summed E-state index contributed by atoms with van der Waals surface area (Å²) in [5, 5.41) is 12.5. The summed E-state index contributed by atoms with van der Waals surface area (Å²) in [7, 11) is 0. The molecule has 1 saturated heterocycles. The first-order chi connectivity index (χ1) is 19.9. The molecule has 2 amide bonds. The van der Waals surface area contributed by atoms with Crippen molar-refractivity contribution in [3.63, 3.8) is 0 Å². The van der Waals surface area contributed by atoms with Gasteiger partial charge in [-0.3, -0.25) is 9.59 Å². The zero-order valence-electron chi connectivity index (χ0n) is 23.5. The van der Waals surface area contributed by atoms with Gasteiger partial charge in [0.05, 0.1) is 11.6 Å². The first kappa shape index (κ1) is 26.8. The van der Waals surface area contributed by atoms with Crippen LogP contribution in [-0.4, -0.2) is 29.9 Å². The van der Waals surface area contributed by atoms with E-state index in [4.69, 9.17) is 4.42 Å². The summed E-state index contributed by atoms with van der Waals surface area (Å²) in [5.74, 6) is 1.81. The van der Waals surface area contributed by atoms with Crippen LogP contribution in [0.1, 0.15) is 84.8 Å². The highest BCUT2D eigenvalue weighted by atomic mass is 16.3. The first-order valence-electron chi connectivity index (χ1n) is 14.5. The smallest absolute Gasteiger partial charge is 0.251 e. The van der Waals surface area contributed by atoms with Crippen LogP contribution in [0.4, 0.5) is 5.69 Å². The predicted molar refractivity (Wildman–Crippen MR) is 159 cm³/mol. The minimum Gasteiger partial charge on any atom is -0.436 e. The number of nitriles is 1. The Balaban J connectivity index is 1.03. The van der Waals surface area contributed by atoms with Gasteiger partial charge in [-0.15, -0.1) is 0 Å². The number of rotatable bonds is 7. The molecular weight excluding hydrogens is 512 g/mol. The third kappa shape index (κ3) is 5.47. The van der Waals surface area contributed by atoms with E-state index in [1.807, 2.05) is 23.1 Å². The topological polar surface area (TPSA) is 99.2 Å². The van der Waals surface area contributed by atoms with E-state index < -0.39 is 0 Å². The summed E-state index contributed by atoms with van der Waals surface area (Å²) in [6.07, 6.45) is 5.03. The van der Waals surface area contributed by atoms with E-state index in [1.54, 1.807) is 18.2 Å². The van der Waals surface area contributed by atoms with Gasteiger partial charge in [0.2, 0.25) is 11.8 Å². The maximum Gasteiger partial charge on any atom is 0.251 e. The standard InChI is InChI=1S/C34H34N4O3/c1-21(2)29-17-23(19-35)18-30-32(29)41-34(37-30)27-9-7-26(8-10-27)33(40)36-20-22-3-5-24(6-4-22)25-11-13-28(14-12-25)38-16-15-31(38)39/h7-14,17-18,21-22,24H,3-6,15-16,20H2,1-2H3,(H,36,40). The molecule has 0 unspecified atom stereocenters. The van der Waals surface area contributed by atoms with E-state index in [0.717, 1.165) is 49.0 Å². The minimum atomic E-state index is -0.0758. The van der Waals surface area contributed by atoms with Crippen molar-refractivity contribution in [1.29, 1.82) is 5.26 Å². The number of β-lactam (4-membered cyclic amide) rings is 1. The molecule has 1 aliphatic heterocycles. The van der Waals surface area contributed by atoms with Crippen molar-refractivity contribution in [2.45, 2.75) is 57.8 Å². The average molecular weight is 547 g/mol. The molecule has 3 aromatic carbocycles. The Morgan fingerprint density at radius 2 is 1.80 bits per heavy atom. The summed E-state index contributed by atoms with van der Waals surface area (Å²) in [6, 6.07) is 21.6. The van der Waals surface area contributed by atoms with Gasteiger partial charge >= 0.3 is 0 Å². The molecule has 0 atom stereocenters. The van der Waals surface area contributed by atoms with E-state index in [-0.39, 0.29) is 17.7 Å². The van der Waals surface area contributed by atoms with Gasteiger partial charge in [-0.25, -0.2) is 4.98 Å². The maximum atomic E-state index is 12.9. The monoisotopic (exact) mass is 546 g/mol.